The molecule has 0 spiro atoms. The molecule has 3 rings (SSSR count). The first-order valence-electron chi connectivity index (χ1n) is 9.94. The van der Waals surface area contributed by atoms with Gasteiger partial charge in [-0.2, -0.15) is 0 Å². The summed E-state index contributed by atoms with van der Waals surface area (Å²) >= 11 is 0. The second-order valence-corrected chi connectivity index (χ2v) is 7.13. The normalized spacial score (nSPS) is 14.7. The fourth-order valence-corrected chi connectivity index (χ4v) is 3.34. The van der Waals surface area contributed by atoms with Crippen molar-refractivity contribution in [2.45, 2.75) is 51.2 Å². The van der Waals surface area contributed by atoms with Gasteiger partial charge in [0.15, 0.2) is 6.61 Å². The highest BCUT2D eigenvalue weighted by Gasteiger charge is 2.16. The molecule has 5 heteroatoms. The van der Waals surface area contributed by atoms with Crippen LogP contribution >= 0.6 is 0 Å². The summed E-state index contributed by atoms with van der Waals surface area (Å²) < 4.78 is 10.8. The molecule has 0 aliphatic heterocycles. The lowest BCUT2D eigenvalue weighted by molar-refractivity contribution is -0.125. The second kappa shape index (κ2) is 10.5. The summed E-state index contributed by atoms with van der Waals surface area (Å²) in [4.78, 5) is 24.2. The summed E-state index contributed by atoms with van der Waals surface area (Å²) in [6.45, 7) is 0.216. The third-order valence-electron chi connectivity index (χ3n) is 4.89. The second-order valence-electron chi connectivity index (χ2n) is 7.13. The molecule has 0 radical (unpaired) electrons. The number of amides is 1. The van der Waals surface area contributed by atoms with Gasteiger partial charge in [-0.05, 0) is 42.7 Å². The molecule has 1 aliphatic carbocycles. The number of nitrogens with one attached hydrogen (secondary N) is 1. The predicted molar refractivity (Wildman–Crippen MR) is 107 cm³/mol. The molecule has 0 aromatic heterocycles. The van der Waals surface area contributed by atoms with Crippen LogP contribution in [0, 0.1) is 0 Å². The third kappa shape index (κ3) is 6.41. The molecule has 1 N–H and O–H groups in total. The molecule has 28 heavy (non-hydrogen) atoms. The van der Waals surface area contributed by atoms with Crippen LogP contribution in [-0.4, -0.2) is 24.5 Å². The first-order valence-corrected chi connectivity index (χ1v) is 9.94. The lowest BCUT2D eigenvalue weighted by Gasteiger charge is -2.16. The van der Waals surface area contributed by atoms with Gasteiger partial charge in [-0.3, -0.25) is 4.79 Å². The average molecular weight is 381 g/mol. The zero-order valence-electron chi connectivity index (χ0n) is 16.1. The number of hydrogen-bond acceptors (Lipinski definition) is 4. The van der Waals surface area contributed by atoms with Crippen LogP contribution in [0.3, 0.4) is 0 Å². The van der Waals surface area contributed by atoms with Crippen molar-refractivity contribution in [3.05, 3.63) is 65.7 Å². The fraction of sp³-hybridized carbons (Fsp3) is 0.391. The highest BCUT2D eigenvalue weighted by Crippen LogP contribution is 2.17. The van der Waals surface area contributed by atoms with Gasteiger partial charge in [0.2, 0.25) is 0 Å². The molecule has 1 aliphatic rings. The van der Waals surface area contributed by atoms with E-state index in [0.717, 1.165) is 31.2 Å². The van der Waals surface area contributed by atoms with Gasteiger partial charge < -0.3 is 14.8 Å². The van der Waals surface area contributed by atoms with Crippen LogP contribution in [0.15, 0.2) is 54.6 Å². The lowest BCUT2D eigenvalue weighted by atomic mass is 10.1. The topological polar surface area (TPSA) is 64.6 Å². The summed E-state index contributed by atoms with van der Waals surface area (Å²) in [5, 5.41) is 2.97. The molecule has 0 heterocycles. The number of hydrogen-bond donors (Lipinski definition) is 1. The van der Waals surface area contributed by atoms with Gasteiger partial charge in [-0.25, -0.2) is 4.79 Å². The van der Waals surface area contributed by atoms with Gasteiger partial charge in [0.25, 0.3) is 5.91 Å². The van der Waals surface area contributed by atoms with E-state index in [1.54, 1.807) is 24.3 Å². The van der Waals surface area contributed by atoms with Crippen LogP contribution in [0.4, 0.5) is 0 Å². The molecule has 2 aromatic rings. The molecule has 0 unspecified atom stereocenters. The largest absolute Gasteiger partial charge is 0.489 e. The maximum Gasteiger partial charge on any atom is 0.338 e. The van der Waals surface area contributed by atoms with Crippen molar-refractivity contribution in [2.75, 3.05) is 6.61 Å². The first-order chi connectivity index (χ1) is 13.7. The van der Waals surface area contributed by atoms with Crippen molar-refractivity contribution < 1.29 is 19.1 Å². The van der Waals surface area contributed by atoms with E-state index < -0.39 is 5.97 Å². The number of benzene rings is 2. The number of carbonyl (C=O) groups is 2. The third-order valence-corrected chi connectivity index (χ3v) is 4.89. The van der Waals surface area contributed by atoms with Crippen LogP contribution < -0.4 is 10.1 Å². The Morgan fingerprint density at radius 3 is 2.25 bits per heavy atom. The minimum absolute atomic E-state index is 0.203. The molecular weight excluding hydrogens is 354 g/mol. The SMILES string of the molecule is O=C(COC(=O)c1ccc(OCc2ccccc2)cc1)NC1CCCCCC1. The van der Waals surface area contributed by atoms with Crippen LogP contribution in [0.25, 0.3) is 0 Å². The average Bonchev–Trinajstić information content (AvgIpc) is 3.00. The van der Waals surface area contributed by atoms with Crippen molar-refractivity contribution in [1.82, 2.24) is 5.32 Å². The van der Waals surface area contributed by atoms with Gasteiger partial charge in [0.05, 0.1) is 5.56 Å². The Morgan fingerprint density at radius 1 is 0.893 bits per heavy atom. The summed E-state index contributed by atoms with van der Waals surface area (Å²) in [5.74, 6) is -0.0693. The number of rotatable bonds is 7. The highest BCUT2D eigenvalue weighted by atomic mass is 16.5. The molecule has 5 nitrogen and oxygen atoms in total. The lowest BCUT2D eigenvalue weighted by Crippen LogP contribution is -2.37. The van der Waals surface area contributed by atoms with E-state index in [-0.39, 0.29) is 18.6 Å². The van der Waals surface area contributed by atoms with Gasteiger partial charge in [-0.1, -0.05) is 56.0 Å². The van der Waals surface area contributed by atoms with E-state index in [4.69, 9.17) is 9.47 Å². The van der Waals surface area contributed by atoms with Gasteiger partial charge in [0.1, 0.15) is 12.4 Å². The zero-order valence-corrected chi connectivity index (χ0v) is 16.1. The zero-order chi connectivity index (χ0) is 19.6. The monoisotopic (exact) mass is 381 g/mol. The molecule has 0 saturated heterocycles. The quantitative estimate of drug-likeness (QED) is 0.575. The molecule has 2 aromatic carbocycles. The maximum atomic E-state index is 12.1. The molecule has 148 valence electrons. The maximum absolute atomic E-state index is 12.1. The van der Waals surface area contributed by atoms with E-state index >= 15 is 0 Å². The Bertz CT molecular complexity index is 750. The van der Waals surface area contributed by atoms with Gasteiger partial charge in [-0.15, -0.1) is 0 Å². The molecule has 0 bridgehead atoms. The van der Waals surface area contributed by atoms with Crippen LogP contribution in [0.2, 0.25) is 0 Å². The Morgan fingerprint density at radius 2 is 1.57 bits per heavy atom. The van der Waals surface area contributed by atoms with Gasteiger partial charge >= 0.3 is 5.97 Å². The Balaban J connectivity index is 1.41. The number of carbonyl (C=O) groups excluding carboxylic acids is 2. The minimum Gasteiger partial charge on any atom is -0.489 e. The van der Waals surface area contributed by atoms with Crippen molar-refractivity contribution in [3.8, 4) is 5.75 Å². The van der Waals surface area contributed by atoms with Crippen molar-refractivity contribution in [1.29, 1.82) is 0 Å². The summed E-state index contributed by atoms with van der Waals surface area (Å²) in [6, 6.07) is 16.8. The fourth-order valence-electron chi connectivity index (χ4n) is 3.34. The summed E-state index contributed by atoms with van der Waals surface area (Å²) in [5.41, 5.74) is 1.47. The van der Waals surface area contributed by atoms with Gasteiger partial charge in [0, 0.05) is 6.04 Å². The van der Waals surface area contributed by atoms with Crippen molar-refractivity contribution in [3.63, 3.8) is 0 Å². The smallest absolute Gasteiger partial charge is 0.338 e. The summed E-state index contributed by atoms with van der Waals surface area (Å²) in [7, 11) is 0. The molecule has 1 amide bonds. The number of ether oxygens (including phenoxy) is 2. The van der Waals surface area contributed by atoms with E-state index in [1.807, 2.05) is 30.3 Å². The van der Waals surface area contributed by atoms with E-state index in [2.05, 4.69) is 5.32 Å². The molecule has 1 fully saturated rings. The van der Waals surface area contributed by atoms with Crippen LogP contribution in [0.5, 0.6) is 5.75 Å². The molecule has 0 atom stereocenters. The van der Waals surface area contributed by atoms with Crippen LogP contribution in [0.1, 0.15) is 54.4 Å². The van der Waals surface area contributed by atoms with E-state index in [0.29, 0.717) is 17.9 Å². The van der Waals surface area contributed by atoms with E-state index in [9.17, 15) is 9.59 Å². The molecule has 1 saturated carbocycles. The Hall–Kier alpha value is -2.82. The standard InChI is InChI=1S/C23H27NO4/c25-22(24-20-10-6-1-2-7-11-20)17-28-23(26)19-12-14-21(15-13-19)27-16-18-8-4-3-5-9-18/h3-5,8-9,12-15,20H,1-2,6-7,10-11,16-17H2,(H,24,25). The minimum atomic E-state index is -0.509. The number of esters is 1. The first kappa shape index (κ1) is 19.9. The van der Waals surface area contributed by atoms with E-state index in [1.165, 1.54) is 12.8 Å². The van der Waals surface area contributed by atoms with Crippen LogP contribution in [-0.2, 0) is 16.1 Å². The predicted octanol–water partition coefficient (Wildman–Crippen LogP) is 4.26. The molecular formula is C23H27NO4. The highest BCUT2D eigenvalue weighted by molar-refractivity contribution is 5.91. The van der Waals surface area contributed by atoms with Crippen molar-refractivity contribution in [2.24, 2.45) is 0 Å². The Labute approximate surface area is 166 Å². The van der Waals surface area contributed by atoms with Crippen molar-refractivity contribution >= 4 is 11.9 Å². The summed E-state index contributed by atoms with van der Waals surface area (Å²) in [6.07, 6.45) is 6.75. The Kier molecular flexibility index (Phi) is 7.47.